The van der Waals surface area contributed by atoms with Crippen LogP contribution in [0.15, 0.2) is 53.5 Å². The molecule has 0 unspecified atom stereocenters. The Morgan fingerprint density at radius 2 is 1.83 bits per heavy atom. The quantitative estimate of drug-likeness (QED) is 0.407. The van der Waals surface area contributed by atoms with Crippen LogP contribution in [-0.4, -0.2) is 31.5 Å². The number of aliphatic imine (C=N–C) groups is 1. The molecule has 2 aromatic carbocycles. The summed E-state index contributed by atoms with van der Waals surface area (Å²) in [6.07, 6.45) is 0.0613. The zero-order chi connectivity index (χ0) is 24.7. The summed E-state index contributed by atoms with van der Waals surface area (Å²) in [7, 11) is 0. The van der Waals surface area contributed by atoms with Crippen molar-refractivity contribution in [3.05, 3.63) is 87.3 Å². The van der Waals surface area contributed by atoms with Crippen molar-refractivity contribution < 1.29 is 9.90 Å². The molecule has 2 N–H and O–H groups in total. The number of aromatic nitrogens is 3. The van der Waals surface area contributed by atoms with Crippen molar-refractivity contribution in [2.45, 2.75) is 33.2 Å². The fraction of sp³-hybridized carbons (Fsp3) is 0.192. The molecular formula is C26H22N6O2S. The number of nitrogens with one attached hydrogen (secondary N) is 1. The first-order valence-electron chi connectivity index (χ1n) is 11.1. The number of nitrogens with zero attached hydrogens (tertiary/aromatic N) is 5. The molecule has 1 atom stereocenters. The molecule has 0 aliphatic carbocycles. The summed E-state index contributed by atoms with van der Waals surface area (Å²) in [6.45, 7) is 6.04. The van der Waals surface area contributed by atoms with E-state index < -0.39 is 6.04 Å². The smallest absolute Gasteiger partial charge is 0.227 e. The van der Waals surface area contributed by atoms with Crippen LogP contribution >= 0.6 is 11.3 Å². The van der Waals surface area contributed by atoms with Gasteiger partial charge in [0.2, 0.25) is 5.91 Å². The van der Waals surface area contributed by atoms with Crippen molar-refractivity contribution in [3.8, 4) is 16.8 Å². The Bertz CT molecular complexity index is 1510. The molecule has 5 rings (SSSR count). The fourth-order valence-electron chi connectivity index (χ4n) is 4.16. The number of rotatable bonds is 4. The minimum atomic E-state index is -0.571. The van der Waals surface area contributed by atoms with Gasteiger partial charge in [-0.3, -0.25) is 14.4 Å². The first-order chi connectivity index (χ1) is 16.9. The summed E-state index contributed by atoms with van der Waals surface area (Å²) in [5.74, 6) is 1.23. The molecule has 0 radical (unpaired) electrons. The lowest BCUT2D eigenvalue weighted by Crippen LogP contribution is -2.17. The van der Waals surface area contributed by atoms with E-state index >= 15 is 0 Å². The molecule has 35 heavy (non-hydrogen) atoms. The van der Waals surface area contributed by atoms with Crippen molar-refractivity contribution in [1.82, 2.24) is 14.8 Å². The maximum Gasteiger partial charge on any atom is 0.227 e. The number of benzene rings is 2. The molecule has 2 aromatic heterocycles. The summed E-state index contributed by atoms with van der Waals surface area (Å²) in [5, 5.41) is 31.3. The SMILES string of the molecule is Cc1sc2c(c1C)C(c1ccc(C#N)cc1)=N[C@@H](CC(=O)Nc1ccc(O)cc1)c1nnc(C)n1-2. The van der Waals surface area contributed by atoms with Gasteiger partial charge in [0.05, 0.1) is 23.8 Å². The van der Waals surface area contributed by atoms with E-state index in [1.807, 2.05) is 23.6 Å². The highest BCUT2D eigenvalue weighted by Crippen LogP contribution is 2.39. The second kappa shape index (κ2) is 8.81. The summed E-state index contributed by atoms with van der Waals surface area (Å²) in [6, 6.07) is 15.2. The third-order valence-electron chi connectivity index (χ3n) is 6.06. The van der Waals surface area contributed by atoms with Gasteiger partial charge < -0.3 is 10.4 Å². The van der Waals surface area contributed by atoms with Crippen molar-refractivity contribution in [2.75, 3.05) is 5.32 Å². The van der Waals surface area contributed by atoms with E-state index in [1.165, 1.54) is 17.0 Å². The van der Waals surface area contributed by atoms with Gasteiger partial charge in [-0.2, -0.15) is 5.26 Å². The fourth-order valence-corrected chi connectivity index (χ4v) is 5.37. The Morgan fingerprint density at radius 1 is 1.11 bits per heavy atom. The zero-order valence-corrected chi connectivity index (χ0v) is 20.2. The van der Waals surface area contributed by atoms with Crippen LogP contribution in [0.5, 0.6) is 5.75 Å². The van der Waals surface area contributed by atoms with Crippen LogP contribution in [-0.2, 0) is 4.79 Å². The van der Waals surface area contributed by atoms with Gasteiger partial charge in [0.15, 0.2) is 5.82 Å². The first kappa shape index (κ1) is 22.5. The topological polar surface area (TPSA) is 116 Å². The number of phenols is 1. The predicted molar refractivity (Wildman–Crippen MR) is 134 cm³/mol. The number of fused-ring (bicyclic) bond motifs is 3. The third kappa shape index (κ3) is 4.09. The minimum absolute atomic E-state index is 0.0613. The predicted octanol–water partition coefficient (Wildman–Crippen LogP) is 4.75. The normalized spacial score (nSPS) is 14.3. The number of carbonyl (C=O) groups is 1. The molecule has 0 saturated carbocycles. The largest absolute Gasteiger partial charge is 0.508 e. The van der Waals surface area contributed by atoms with E-state index in [2.05, 4.69) is 35.4 Å². The van der Waals surface area contributed by atoms with E-state index in [0.717, 1.165) is 33.2 Å². The Balaban J connectivity index is 1.61. The minimum Gasteiger partial charge on any atom is -0.508 e. The molecule has 174 valence electrons. The molecule has 0 saturated heterocycles. The molecule has 0 fully saturated rings. The van der Waals surface area contributed by atoms with Crippen LogP contribution in [0.3, 0.4) is 0 Å². The van der Waals surface area contributed by atoms with Gasteiger partial charge in [-0.15, -0.1) is 21.5 Å². The summed E-state index contributed by atoms with van der Waals surface area (Å²) < 4.78 is 2.00. The number of hydrogen-bond acceptors (Lipinski definition) is 7. The molecule has 1 amide bonds. The summed E-state index contributed by atoms with van der Waals surface area (Å²) >= 11 is 1.65. The molecule has 3 heterocycles. The van der Waals surface area contributed by atoms with Gasteiger partial charge in [0.1, 0.15) is 22.6 Å². The van der Waals surface area contributed by atoms with E-state index in [4.69, 9.17) is 4.99 Å². The number of aromatic hydroxyl groups is 1. The summed E-state index contributed by atoms with van der Waals surface area (Å²) in [4.78, 5) is 19.3. The second-order valence-electron chi connectivity index (χ2n) is 8.39. The molecular weight excluding hydrogens is 460 g/mol. The molecule has 9 heteroatoms. The number of hydrogen-bond donors (Lipinski definition) is 2. The number of thiophene rings is 1. The Hall–Kier alpha value is -4.29. The average Bonchev–Trinajstić information content (AvgIpc) is 3.33. The lowest BCUT2D eigenvalue weighted by molar-refractivity contribution is -0.116. The Morgan fingerprint density at radius 3 is 2.51 bits per heavy atom. The van der Waals surface area contributed by atoms with E-state index in [1.54, 1.807) is 35.6 Å². The molecule has 1 aliphatic heterocycles. The Kier molecular flexibility index (Phi) is 5.67. The number of amides is 1. The number of anilines is 1. The average molecular weight is 483 g/mol. The van der Waals surface area contributed by atoms with E-state index in [9.17, 15) is 15.2 Å². The number of aryl methyl sites for hydroxylation is 2. The van der Waals surface area contributed by atoms with E-state index in [0.29, 0.717) is 17.1 Å². The number of carbonyl (C=O) groups excluding carboxylic acids is 1. The van der Waals surface area contributed by atoms with E-state index in [-0.39, 0.29) is 18.1 Å². The highest BCUT2D eigenvalue weighted by Gasteiger charge is 2.32. The summed E-state index contributed by atoms with van der Waals surface area (Å²) in [5.41, 5.74) is 4.88. The maximum atomic E-state index is 13.0. The lowest BCUT2D eigenvalue weighted by Gasteiger charge is -2.13. The zero-order valence-electron chi connectivity index (χ0n) is 19.4. The van der Waals surface area contributed by atoms with Crippen LogP contribution in [0.25, 0.3) is 5.00 Å². The molecule has 0 bridgehead atoms. The standard InChI is InChI=1S/C26H22N6O2S/c1-14-15(2)35-26-23(14)24(18-6-4-17(13-27)5-7-18)29-21(25-31-30-16(3)32(25)26)12-22(34)28-19-8-10-20(33)11-9-19/h4-11,21,33H,12H2,1-3H3,(H,28,34)/t21-/m0/s1. The second-order valence-corrected chi connectivity index (χ2v) is 9.59. The van der Waals surface area contributed by atoms with Crippen molar-refractivity contribution in [3.63, 3.8) is 0 Å². The van der Waals surface area contributed by atoms with Crippen molar-refractivity contribution >= 4 is 28.6 Å². The monoisotopic (exact) mass is 482 g/mol. The maximum absolute atomic E-state index is 13.0. The highest BCUT2D eigenvalue weighted by molar-refractivity contribution is 7.15. The molecule has 0 spiro atoms. The number of phenolic OH excluding ortho intramolecular Hbond substituents is 1. The molecule has 4 aromatic rings. The highest BCUT2D eigenvalue weighted by atomic mass is 32.1. The third-order valence-corrected chi connectivity index (χ3v) is 7.25. The van der Waals surface area contributed by atoms with Gasteiger partial charge in [-0.25, -0.2) is 0 Å². The van der Waals surface area contributed by atoms with Gasteiger partial charge >= 0.3 is 0 Å². The van der Waals surface area contributed by atoms with Crippen LogP contribution in [0, 0.1) is 32.1 Å². The van der Waals surface area contributed by atoms with Gasteiger partial charge in [-0.05, 0) is 62.7 Å². The lowest BCUT2D eigenvalue weighted by atomic mass is 9.99. The van der Waals surface area contributed by atoms with Crippen LogP contribution in [0.4, 0.5) is 5.69 Å². The Labute approximate surface area is 206 Å². The van der Waals surface area contributed by atoms with Gasteiger partial charge in [0, 0.05) is 21.7 Å². The van der Waals surface area contributed by atoms with Crippen LogP contribution in [0.1, 0.15) is 51.2 Å². The van der Waals surface area contributed by atoms with Crippen molar-refractivity contribution in [2.24, 2.45) is 4.99 Å². The molecule has 1 aliphatic rings. The first-order valence-corrected chi connectivity index (χ1v) is 11.9. The van der Waals surface area contributed by atoms with Crippen LogP contribution in [0.2, 0.25) is 0 Å². The van der Waals surface area contributed by atoms with Gasteiger partial charge in [0.25, 0.3) is 0 Å². The number of nitriles is 1. The van der Waals surface area contributed by atoms with Crippen molar-refractivity contribution in [1.29, 1.82) is 5.26 Å². The van der Waals surface area contributed by atoms with Gasteiger partial charge in [-0.1, -0.05) is 12.1 Å². The molecule has 8 nitrogen and oxygen atoms in total. The van der Waals surface area contributed by atoms with Crippen LogP contribution < -0.4 is 5.32 Å².